The molecule has 13 heteroatoms. The fourth-order valence-corrected chi connectivity index (χ4v) is 4.50. The zero-order valence-electron chi connectivity index (χ0n) is 24.8. The molecular weight excluding hydrogens is 564 g/mol. The highest BCUT2D eigenvalue weighted by Gasteiger charge is 2.36. The van der Waals surface area contributed by atoms with Crippen LogP contribution in [0.15, 0.2) is 30.3 Å². The minimum absolute atomic E-state index is 0.0174. The number of carbonyl (C=O) groups is 6. The van der Waals surface area contributed by atoms with Gasteiger partial charge in [-0.25, -0.2) is 9.59 Å². The zero-order valence-corrected chi connectivity index (χ0v) is 25.7. The van der Waals surface area contributed by atoms with Crippen LogP contribution in [0.25, 0.3) is 0 Å². The highest BCUT2D eigenvalue weighted by molar-refractivity contribution is 7.98. The van der Waals surface area contributed by atoms with Crippen molar-refractivity contribution in [2.45, 2.75) is 77.9 Å². The summed E-state index contributed by atoms with van der Waals surface area (Å²) in [5.74, 6) is -2.82. The lowest BCUT2D eigenvalue weighted by Gasteiger charge is -2.26. The number of carbonyl (C=O) groups excluding carboxylic acids is 6. The van der Waals surface area contributed by atoms with Gasteiger partial charge in [-0.05, 0) is 42.2 Å². The number of amides is 5. The maximum Gasteiger partial charge on any atom is 0.407 e. The van der Waals surface area contributed by atoms with E-state index < -0.39 is 53.8 Å². The zero-order chi connectivity index (χ0) is 31.2. The lowest BCUT2D eigenvalue weighted by Crippen LogP contribution is -2.57. The Morgan fingerprint density at radius 3 is 2.02 bits per heavy atom. The van der Waals surface area contributed by atoms with Gasteiger partial charge in [0.15, 0.2) is 0 Å². The first kappa shape index (κ1) is 34.6. The second-order valence-corrected chi connectivity index (χ2v) is 11.9. The third kappa shape index (κ3) is 11.7. The molecule has 0 unspecified atom stereocenters. The van der Waals surface area contributed by atoms with Gasteiger partial charge in [0.2, 0.25) is 11.8 Å². The summed E-state index contributed by atoms with van der Waals surface area (Å²) in [5.41, 5.74) is 0.699. The Kier molecular flexibility index (Phi) is 14.3. The molecule has 0 radical (unpaired) electrons. The topological polar surface area (TPSA) is 160 Å². The van der Waals surface area contributed by atoms with E-state index >= 15 is 0 Å². The fourth-order valence-electron chi connectivity index (χ4n) is 4.03. The number of rotatable bonds is 16. The number of nitrogens with zero attached hydrogens (tertiary/aromatic N) is 1. The van der Waals surface area contributed by atoms with Crippen LogP contribution in [-0.2, 0) is 40.0 Å². The Morgan fingerprint density at radius 1 is 0.857 bits per heavy atom. The van der Waals surface area contributed by atoms with Crippen LogP contribution in [0.1, 0.15) is 58.9 Å². The second-order valence-electron chi connectivity index (χ2n) is 10.9. The molecule has 42 heavy (non-hydrogen) atoms. The Bertz CT molecular complexity index is 1080. The molecule has 0 saturated carbocycles. The van der Waals surface area contributed by atoms with Crippen LogP contribution in [0.4, 0.5) is 4.79 Å². The molecule has 3 atom stereocenters. The fraction of sp³-hybridized carbons (Fsp3) is 0.586. The number of benzene rings is 1. The van der Waals surface area contributed by atoms with E-state index in [1.54, 1.807) is 30.3 Å². The molecule has 12 nitrogen and oxygen atoms in total. The SMILES string of the molecule is CSCC[C@H](NC(=O)OCC(C)C)C(=O)N[C@@H](CC(C)C)C(=O)N[C@@H](Cc1ccccc1)C(=O)ON1C(=O)CCC1=O. The average Bonchev–Trinajstić information content (AvgIpc) is 3.25. The molecule has 5 amide bonds. The molecule has 1 heterocycles. The second kappa shape index (κ2) is 17.4. The smallest absolute Gasteiger partial charge is 0.407 e. The van der Waals surface area contributed by atoms with E-state index in [-0.39, 0.29) is 44.1 Å². The summed E-state index contributed by atoms with van der Waals surface area (Å²) >= 11 is 1.50. The summed E-state index contributed by atoms with van der Waals surface area (Å²) in [5, 5.41) is 8.38. The number of hydrogen-bond donors (Lipinski definition) is 3. The predicted molar refractivity (Wildman–Crippen MR) is 157 cm³/mol. The molecule has 1 aromatic rings. The predicted octanol–water partition coefficient (Wildman–Crippen LogP) is 2.36. The number of hydroxylamine groups is 2. The van der Waals surface area contributed by atoms with Gasteiger partial charge in [-0.15, -0.1) is 5.06 Å². The van der Waals surface area contributed by atoms with E-state index in [0.29, 0.717) is 22.8 Å². The molecule has 0 aromatic heterocycles. The van der Waals surface area contributed by atoms with Crippen molar-refractivity contribution < 1.29 is 38.3 Å². The summed E-state index contributed by atoms with van der Waals surface area (Å²) < 4.78 is 5.17. The molecule has 0 aliphatic carbocycles. The maximum absolute atomic E-state index is 13.5. The van der Waals surface area contributed by atoms with Gasteiger partial charge in [-0.3, -0.25) is 19.2 Å². The highest BCUT2D eigenvalue weighted by atomic mass is 32.2. The van der Waals surface area contributed by atoms with E-state index in [9.17, 15) is 28.8 Å². The van der Waals surface area contributed by atoms with Crippen molar-refractivity contribution in [2.75, 3.05) is 18.6 Å². The monoisotopic (exact) mass is 606 g/mol. The summed E-state index contributed by atoms with van der Waals surface area (Å²) in [7, 11) is 0. The average molecular weight is 607 g/mol. The lowest BCUT2D eigenvalue weighted by molar-refractivity contribution is -0.199. The normalized spacial score (nSPS) is 15.3. The molecule has 1 saturated heterocycles. The molecule has 1 aromatic carbocycles. The molecule has 1 aliphatic heterocycles. The quantitative estimate of drug-likeness (QED) is 0.240. The van der Waals surface area contributed by atoms with Gasteiger partial charge in [0.05, 0.1) is 6.61 Å². The number of thioether (sulfide) groups is 1. The van der Waals surface area contributed by atoms with E-state index in [2.05, 4.69) is 16.0 Å². The largest absolute Gasteiger partial charge is 0.449 e. The van der Waals surface area contributed by atoms with Crippen LogP contribution in [0, 0.1) is 11.8 Å². The van der Waals surface area contributed by atoms with Gasteiger partial charge in [0.25, 0.3) is 11.8 Å². The van der Waals surface area contributed by atoms with Crippen molar-refractivity contribution in [3.05, 3.63) is 35.9 Å². The summed E-state index contributed by atoms with van der Waals surface area (Å²) in [4.78, 5) is 81.4. The highest BCUT2D eigenvalue weighted by Crippen LogP contribution is 2.15. The van der Waals surface area contributed by atoms with Crippen molar-refractivity contribution in [2.24, 2.45) is 11.8 Å². The standard InChI is InChI=1S/C29H42N4O8S/c1-18(2)15-22(30-26(36)21(13-14-42-5)32-29(39)40-17-19(3)4)27(37)31-23(16-20-9-7-6-8-10-20)28(38)41-33-24(34)11-12-25(33)35/h6-10,18-19,21-23H,11-17H2,1-5H3,(H,30,36)(H,31,37)(H,32,39)/t21-,22-,23-/m0/s1. The van der Waals surface area contributed by atoms with Crippen LogP contribution >= 0.6 is 11.8 Å². The third-order valence-electron chi connectivity index (χ3n) is 6.18. The summed E-state index contributed by atoms with van der Waals surface area (Å²) in [6.07, 6.45) is 1.57. The van der Waals surface area contributed by atoms with Gasteiger partial charge in [0, 0.05) is 19.3 Å². The van der Waals surface area contributed by atoms with Crippen LogP contribution in [0.2, 0.25) is 0 Å². The van der Waals surface area contributed by atoms with Crippen molar-refractivity contribution in [3.8, 4) is 0 Å². The van der Waals surface area contributed by atoms with Gasteiger partial charge < -0.3 is 25.5 Å². The number of imide groups is 1. The lowest BCUT2D eigenvalue weighted by atomic mass is 10.0. The van der Waals surface area contributed by atoms with Crippen molar-refractivity contribution >= 4 is 47.5 Å². The molecular formula is C29H42N4O8S. The first-order chi connectivity index (χ1) is 19.9. The van der Waals surface area contributed by atoms with Crippen LogP contribution < -0.4 is 16.0 Å². The van der Waals surface area contributed by atoms with E-state index in [0.717, 1.165) is 0 Å². The van der Waals surface area contributed by atoms with Crippen LogP contribution in [0.5, 0.6) is 0 Å². The Labute approximate surface area is 251 Å². The molecule has 1 fully saturated rings. The first-order valence-corrected chi connectivity index (χ1v) is 15.4. The van der Waals surface area contributed by atoms with Gasteiger partial charge in [-0.1, -0.05) is 58.0 Å². The summed E-state index contributed by atoms with van der Waals surface area (Å²) in [6.45, 7) is 7.72. The molecule has 0 spiro atoms. The number of hydrogen-bond acceptors (Lipinski definition) is 9. The van der Waals surface area contributed by atoms with Gasteiger partial charge in [-0.2, -0.15) is 11.8 Å². The molecule has 1 aliphatic rings. The molecule has 2 rings (SSSR count). The third-order valence-corrected chi connectivity index (χ3v) is 6.82. The molecule has 0 bridgehead atoms. The first-order valence-electron chi connectivity index (χ1n) is 14.1. The van der Waals surface area contributed by atoms with Crippen LogP contribution in [-0.4, -0.2) is 77.5 Å². The number of nitrogens with one attached hydrogen (secondary N) is 3. The number of alkyl carbamates (subject to hydrolysis) is 1. The Hall–Kier alpha value is -3.61. The van der Waals surface area contributed by atoms with E-state index in [1.165, 1.54) is 11.8 Å². The van der Waals surface area contributed by atoms with Gasteiger partial charge in [0.1, 0.15) is 18.1 Å². The van der Waals surface area contributed by atoms with Crippen molar-refractivity contribution in [1.82, 2.24) is 21.0 Å². The van der Waals surface area contributed by atoms with E-state index in [4.69, 9.17) is 9.57 Å². The Morgan fingerprint density at radius 2 is 1.45 bits per heavy atom. The van der Waals surface area contributed by atoms with Crippen molar-refractivity contribution in [3.63, 3.8) is 0 Å². The minimum atomic E-state index is -1.26. The Balaban J connectivity index is 2.21. The number of ether oxygens (including phenoxy) is 1. The molecule has 232 valence electrons. The minimum Gasteiger partial charge on any atom is -0.449 e. The van der Waals surface area contributed by atoms with E-state index in [1.807, 2.05) is 34.0 Å². The van der Waals surface area contributed by atoms with Crippen molar-refractivity contribution in [1.29, 1.82) is 0 Å². The summed E-state index contributed by atoms with van der Waals surface area (Å²) in [6, 6.07) is 5.58. The molecule has 3 N–H and O–H groups in total. The van der Waals surface area contributed by atoms with Crippen LogP contribution in [0.3, 0.4) is 0 Å². The maximum atomic E-state index is 13.5. The van der Waals surface area contributed by atoms with Gasteiger partial charge >= 0.3 is 12.1 Å².